The Morgan fingerprint density at radius 1 is 1.07 bits per heavy atom. The minimum Gasteiger partial charge on any atom is -0.490 e. The van der Waals surface area contributed by atoms with Crippen LogP contribution in [0.4, 0.5) is 10.5 Å². The summed E-state index contributed by atoms with van der Waals surface area (Å²) in [5, 5.41) is 2.78. The maximum absolute atomic E-state index is 13.0. The first-order chi connectivity index (χ1) is 14.0. The van der Waals surface area contributed by atoms with Gasteiger partial charge in [-0.3, -0.25) is 14.5 Å². The molecule has 2 aliphatic carbocycles. The third-order valence-electron chi connectivity index (χ3n) is 6.53. The molecule has 0 atom stereocenters. The molecule has 2 saturated carbocycles. The van der Waals surface area contributed by atoms with Gasteiger partial charge < -0.3 is 15.0 Å². The van der Waals surface area contributed by atoms with E-state index in [9.17, 15) is 14.4 Å². The zero-order valence-electron chi connectivity index (χ0n) is 17.0. The van der Waals surface area contributed by atoms with Gasteiger partial charge in [0.15, 0.2) is 0 Å². The third kappa shape index (κ3) is 3.82. The molecule has 0 unspecified atom stereocenters. The lowest BCUT2D eigenvalue weighted by molar-refractivity contribution is -0.136. The van der Waals surface area contributed by atoms with Crippen LogP contribution >= 0.6 is 0 Å². The average molecular weight is 399 g/mol. The van der Waals surface area contributed by atoms with Crippen molar-refractivity contribution < 1.29 is 19.1 Å². The number of amides is 4. The van der Waals surface area contributed by atoms with Gasteiger partial charge in [-0.1, -0.05) is 19.3 Å². The fraction of sp³-hybridized carbons (Fsp3) is 0.591. The smallest absolute Gasteiger partial charge is 0.327 e. The van der Waals surface area contributed by atoms with Gasteiger partial charge in [0.1, 0.15) is 17.8 Å². The predicted molar refractivity (Wildman–Crippen MR) is 109 cm³/mol. The number of rotatable bonds is 5. The molecule has 0 bridgehead atoms. The van der Waals surface area contributed by atoms with Crippen molar-refractivity contribution in [2.24, 2.45) is 0 Å². The van der Waals surface area contributed by atoms with Crippen molar-refractivity contribution in [2.75, 3.05) is 18.9 Å². The highest BCUT2D eigenvalue weighted by Crippen LogP contribution is 2.39. The molecule has 1 heterocycles. The number of nitrogens with one attached hydrogen (secondary N) is 1. The van der Waals surface area contributed by atoms with Crippen molar-refractivity contribution in [3.8, 4) is 5.75 Å². The van der Waals surface area contributed by atoms with Crippen LogP contribution in [0.1, 0.15) is 57.8 Å². The molecule has 3 fully saturated rings. The minimum absolute atomic E-state index is 0.236. The number of hydrogen-bond donors (Lipinski definition) is 1. The van der Waals surface area contributed by atoms with Crippen LogP contribution < -0.4 is 10.1 Å². The zero-order chi connectivity index (χ0) is 20.4. The standard InChI is InChI=1S/C22H29N3O4/c1-24-21(28)25(20(27)22(24)13-5-2-6-14-22)15-19(26)23-16-9-11-18(12-10-16)29-17-7-3-4-8-17/h9-12,17H,2-8,13-15H2,1H3,(H,23,26). The fourth-order valence-corrected chi connectivity index (χ4v) is 4.83. The molecule has 7 heteroatoms. The molecule has 4 amide bonds. The van der Waals surface area contributed by atoms with Gasteiger partial charge in [-0.15, -0.1) is 0 Å². The maximum atomic E-state index is 13.0. The number of imide groups is 1. The zero-order valence-corrected chi connectivity index (χ0v) is 17.0. The van der Waals surface area contributed by atoms with E-state index in [1.807, 2.05) is 12.1 Å². The first-order valence-electron chi connectivity index (χ1n) is 10.7. The summed E-state index contributed by atoms with van der Waals surface area (Å²) in [7, 11) is 1.67. The normalized spacial score (nSPS) is 21.8. The molecule has 1 spiro atoms. The van der Waals surface area contributed by atoms with E-state index in [1.54, 1.807) is 19.2 Å². The second-order valence-electron chi connectivity index (χ2n) is 8.42. The summed E-state index contributed by atoms with van der Waals surface area (Å²) in [6, 6.07) is 6.86. The van der Waals surface area contributed by atoms with E-state index in [0.717, 1.165) is 42.8 Å². The number of urea groups is 1. The number of carbonyl (C=O) groups excluding carboxylic acids is 3. The van der Waals surface area contributed by atoms with Crippen LogP contribution in [0.15, 0.2) is 24.3 Å². The Labute approximate surface area is 171 Å². The molecule has 0 radical (unpaired) electrons. The van der Waals surface area contributed by atoms with Crippen LogP contribution in [0.2, 0.25) is 0 Å². The van der Waals surface area contributed by atoms with E-state index in [-0.39, 0.29) is 30.5 Å². The number of anilines is 1. The van der Waals surface area contributed by atoms with E-state index in [2.05, 4.69) is 5.32 Å². The molecule has 4 rings (SSSR count). The first-order valence-corrected chi connectivity index (χ1v) is 10.7. The van der Waals surface area contributed by atoms with Gasteiger partial charge in [0.05, 0.1) is 6.10 Å². The Morgan fingerprint density at radius 3 is 2.38 bits per heavy atom. The molecule has 1 N–H and O–H groups in total. The number of likely N-dealkylation sites (N-methyl/N-ethyl adjacent to an activating group) is 1. The van der Waals surface area contributed by atoms with Crippen molar-refractivity contribution in [2.45, 2.75) is 69.4 Å². The largest absolute Gasteiger partial charge is 0.490 e. The molecule has 1 aromatic carbocycles. The Bertz CT molecular complexity index is 780. The van der Waals surface area contributed by atoms with Crippen molar-refractivity contribution in [3.63, 3.8) is 0 Å². The summed E-state index contributed by atoms with van der Waals surface area (Å²) in [6.45, 7) is -0.260. The average Bonchev–Trinajstić information content (AvgIpc) is 3.30. The minimum atomic E-state index is -0.755. The molecule has 7 nitrogen and oxygen atoms in total. The molecule has 1 saturated heterocycles. The van der Waals surface area contributed by atoms with E-state index in [0.29, 0.717) is 18.5 Å². The number of nitrogens with zero attached hydrogens (tertiary/aromatic N) is 2. The highest BCUT2D eigenvalue weighted by Gasteiger charge is 2.55. The summed E-state index contributed by atoms with van der Waals surface area (Å²) in [5.74, 6) is 0.179. The molecule has 1 aromatic rings. The molecular weight excluding hydrogens is 370 g/mol. The van der Waals surface area contributed by atoms with Gasteiger partial charge >= 0.3 is 6.03 Å². The number of carbonyl (C=O) groups is 3. The number of hydrogen-bond acceptors (Lipinski definition) is 4. The molecule has 3 aliphatic rings. The third-order valence-corrected chi connectivity index (χ3v) is 6.53. The highest BCUT2D eigenvalue weighted by molar-refractivity contribution is 6.10. The van der Waals surface area contributed by atoms with Crippen LogP contribution in [0.5, 0.6) is 5.75 Å². The number of benzene rings is 1. The molecule has 0 aromatic heterocycles. The molecule has 156 valence electrons. The van der Waals surface area contributed by atoms with Crippen LogP contribution in [-0.4, -0.2) is 52.9 Å². The quantitative estimate of drug-likeness (QED) is 0.768. The van der Waals surface area contributed by atoms with Crippen molar-refractivity contribution in [1.82, 2.24) is 9.80 Å². The lowest BCUT2D eigenvalue weighted by Crippen LogP contribution is -2.49. The summed E-state index contributed by atoms with van der Waals surface area (Å²) in [5.41, 5.74) is -0.136. The van der Waals surface area contributed by atoms with Crippen LogP contribution in [0, 0.1) is 0 Å². The SMILES string of the molecule is CN1C(=O)N(CC(=O)Nc2ccc(OC3CCCC3)cc2)C(=O)C12CCCCC2. The van der Waals surface area contributed by atoms with E-state index >= 15 is 0 Å². The van der Waals surface area contributed by atoms with E-state index < -0.39 is 5.54 Å². The van der Waals surface area contributed by atoms with Gasteiger partial charge in [0.2, 0.25) is 5.91 Å². The molecular formula is C22H29N3O4. The van der Waals surface area contributed by atoms with Gasteiger partial charge in [-0.2, -0.15) is 0 Å². The van der Waals surface area contributed by atoms with Crippen molar-refractivity contribution in [1.29, 1.82) is 0 Å². The topological polar surface area (TPSA) is 79.0 Å². The van der Waals surface area contributed by atoms with Crippen molar-refractivity contribution >= 4 is 23.5 Å². The van der Waals surface area contributed by atoms with Gasteiger partial charge in [-0.05, 0) is 62.8 Å². The van der Waals surface area contributed by atoms with E-state index in [4.69, 9.17) is 4.74 Å². The Kier molecular flexibility index (Phi) is 5.48. The Balaban J connectivity index is 1.35. The fourth-order valence-electron chi connectivity index (χ4n) is 4.83. The van der Waals surface area contributed by atoms with Crippen molar-refractivity contribution in [3.05, 3.63) is 24.3 Å². The van der Waals surface area contributed by atoms with Crippen LogP contribution in [0.25, 0.3) is 0 Å². The first kappa shape index (κ1) is 19.7. The summed E-state index contributed by atoms with van der Waals surface area (Å²) in [4.78, 5) is 40.7. The van der Waals surface area contributed by atoms with Gasteiger partial charge in [-0.25, -0.2) is 4.79 Å². The van der Waals surface area contributed by atoms with Gasteiger partial charge in [0.25, 0.3) is 5.91 Å². The van der Waals surface area contributed by atoms with E-state index in [1.165, 1.54) is 17.7 Å². The molecule has 1 aliphatic heterocycles. The summed E-state index contributed by atoms with van der Waals surface area (Å²) >= 11 is 0. The van der Waals surface area contributed by atoms with Gasteiger partial charge in [0, 0.05) is 12.7 Å². The van der Waals surface area contributed by atoms with Crippen LogP contribution in [-0.2, 0) is 9.59 Å². The second-order valence-corrected chi connectivity index (χ2v) is 8.42. The monoisotopic (exact) mass is 399 g/mol. The summed E-state index contributed by atoms with van der Waals surface area (Å²) < 4.78 is 5.93. The highest BCUT2D eigenvalue weighted by atomic mass is 16.5. The van der Waals surface area contributed by atoms with Crippen LogP contribution in [0.3, 0.4) is 0 Å². The predicted octanol–water partition coefficient (Wildman–Crippen LogP) is 3.54. The number of ether oxygens (including phenoxy) is 1. The molecule has 29 heavy (non-hydrogen) atoms. The lowest BCUT2D eigenvalue weighted by atomic mass is 9.81. The maximum Gasteiger partial charge on any atom is 0.327 e. The summed E-state index contributed by atoms with van der Waals surface area (Å²) in [6.07, 6.45) is 9.18. The Hall–Kier alpha value is -2.57. The second kappa shape index (κ2) is 8.05. The lowest BCUT2D eigenvalue weighted by Gasteiger charge is -2.35. The Morgan fingerprint density at radius 2 is 1.72 bits per heavy atom.